The van der Waals surface area contributed by atoms with Crippen LogP contribution in [0.1, 0.15) is 39.5 Å². The van der Waals surface area contributed by atoms with E-state index < -0.39 is 0 Å². The van der Waals surface area contributed by atoms with Gasteiger partial charge in [-0.1, -0.05) is 12.8 Å². The lowest BCUT2D eigenvalue weighted by atomic mass is 9.97. The van der Waals surface area contributed by atoms with E-state index in [0.717, 1.165) is 25.7 Å². The van der Waals surface area contributed by atoms with E-state index in [1.54, 1.807) is 6.19 Å². The Morgan fingerprint density at radius 2 is 1.86 bits per heavy atom. The fourth-order valence-corrected chi connectivity index (χ4v) is 1.69. The van der Waals surface area contributed by atoms with Crippen molar-refractivity contribution in [2.75, 3.05) is 6.54 Å². The first kappa shape index (κ1) is 18.5. The highest BCUT2D eigenvalue weighted by Crippen LogP contribution is 2.18. The van der Waals surface area contributed by atoms with Crippen molar-refractivity contribution in [3.8, 4) is 6.19 Å². The molecule has 9 heteroatoms. The summed E-state index contributed by atoms with van der Waals surface area (Å²) in [5.41, 5.74) is 15.8. The van der Waals surface area contributed by atoms with Gasteiger partial charge in [-0.25, -0.2) is 4.99 Å². The van der Waals surface area contributed by atoms with Gasteiger partial charge in [-0.05, 0) is 26.7 Å². The lowest BCUT2D eigenvalue weighted by Gasteiger charge is -2.19. The number of aliphatic imine (C=N–C) groups is 2. The van der Waals surface area contributed by atoms with Crippen molar-refractivity contribution in [3.63, 3.8) is 0 Å². The van der Waals surface area contributed by atoms with Crippen LogP contribution in [0.3, 0.4) is 0 Å². The molecule has 118 valence electrons. The zero-order valence-corrected chi connectivity index (χ0v) is 12.6. The lowest BCUT2D eigenvalue weighted by molar-refractivity contribution is 0.448. The fraction of sp³-hybridized carbons (Fsp3) is 0.667. The van der Waals surface area contributed by atoms with E-state index in [2.05, 4.69) is 20.6 Å². The smallest absolute Gasteiger partial charge is 0.202 e. The van der Waals surface area contributed by atoms with Crippen LogP contribution >= 0.6 is 0 Å². The maximum atomic E-state index is 8.44. The topological polar surface area (TPSA) is 174 Å². The monoisotopic (exact) mass is 295 g/mol. The van der Waals surface area contributed by atoms with E-state index in [9.17, 15) is 0 Å². The molecule has 0 heterocycles. The third kappa shape index (κ3) is 11.1. The molecule has 9 N–H and O–H groups in total. The Bertz CT molecular complexity index is 430. The van der Waals surface area contributed by atoms with Crippen LogP contribution in [0.25, 0.3) is 0 Å². The van der Waals surface area contributed by atoms with E-state index in [-0.39, 0.29) is 23.4 Å². The molecule has 0 aromatic heterocycles. The Morgan fingerprint density at radius 3 is 2.43 bits per heavy atom. The fourth-order valence-electron chi connectivity index (χ4n) is 1.69. The van der Waals surface area contributed by atoms with Gasteiger partial charge in [0.1, 0.15) is 0 Å². The summed E-state index contributed by atoms with van der Waals surface area (Å²) < 4.78 is 0. The van der Waals surface area contributed by atoms with Crippen LogP contribution in [0, 0.1) is 16.9 Å². The molecule has 0 spiro atoms. The minimum Gasteiger partial charge on any atom is -0.370 e. The van der Waals surface area contributed by atoms with Gasteiger partial charge >= 0.3 is 0 Å². The highest BCUT2D eigenvalue weighted by atomic mass is 15.2. The average molecular weight is 295 g/mol. The second kappa shape index (κ2) is 9.41. The van der Waals surface area contributed by atoms with Crippen LogP contribution in [0.5, 0.6) is 0 Å². The van der Waals surface area contributed by atoms with E-state index >= 15 is 0 Å². The van der Waals surface area contributed by atoms with Gasteiger partial charge in [0, 0.05) is 6.54 Å². The third-order valence-corrected chi connectivity index (χ3v) is 2.60. The summed E-state index contributed by atoms with van der Waals surface area (Å²) in [7, 11) is 0. The van der Waals surface area contributed by atoms with Gasteiger partial charge in [-0.15, -0.1) is 0 Å². The molecule has 0 aromatic carbocycles. The van der Waals surface area contributed by atoms with Gasteiger partial charge in [0.25, 0.3) is 0 Å². The molecule has 0 radical (unpaired) electrons. The second-order valence-corrected chi connectivity index (χ2v) is 5.16. The van der Waals surface area contributed by atoms with E-state index in [0.29, 0.717) is 6.54 Å². The third-order valence-electron chi connectivity index (χ3n) is 2.60. The SMILES string of the molecule is CC(C)(CCCCCN=C(N)NC(=N)N)N=C(N)NC#N. The molecule has 0 rings (SSSR count). The summed E-state index contributed by atoms with van der Waals surface area (Å²) in [6.07, 6.45) is 5.41. The molecule has 0 saturated heterocycles. The molecule has 0 bridgehead atoms. The summed E-state index contributed by atoms with van der Waals surface area (Å²) in [5.74, 6) is 0.0670. The lowest BCUT2D eigenvalue weighted by Crippen LogP contribution is -2.40. The van der Waals surface area contributed by atoms with Gasteiger partial charge in [0.05, 0.1) is 5.54 Å². The summed E-state index contributed by atoms with van der Waals surface area (Å²) >= 11 is 0. The first-order valence-electron chi connectivity index (χ1n) is 6.68. The molecule has 0 unspecified atom stereocenters. The van der Waals surface area contributed by atoms with E-state index in [1.807, 2.05) is 13.8 Å². The minimum absolute atomic E-state index is 0.134. The summed E-state index contributed by atoms with van der Waals surface area (Å²) in [4.78, 5) is 8.28. The number of rotatable bonds is 7. The van der Waals surface area contributed by atoms with Gasteiger partial charge in [0.2, 0.25) is 5.96 Å². The Balaban J connectivity index is 3.92. The number of unbranched alkanes of at least 4 members (excludes halogenated alkanes) is 2. The number of nitrogens with two attached hydrogens (primary N) is 3. The van der Waals surface area contributed by atoms with Crippen LogP contribution in [0.2, 0.25) is 0 Å². The van der Waals surface area contributed by atoms with Gasteiger partial charge in [-0.3, -0.25) is 21.0 Å². The van der Waals surface area contributed by atoms with E-state index in [1.165, 1.54) is 0 Å². The number of nitrogens with one attached hydrogen (secondary N) is 3. The van der Waals surface area contributed by atoms with Crippen LogP contribution in [0.4, 0.5) is 0 Å². The largest absolute Gasteiger partial charge is 0.370 e. The quantitative estimate of drug-likeness (QED) is 0.121. The average Bonchev–Trinajstić information content (AvgIpc) is 2.32. The van der Waals surface area contributed by atoms with E-state index in [4.69, 9.17) is 27.9 Å². The maximum Gasteiger partial charge on any atom is 0.202 e. The maximum absolute atomic E-state index is 8.44. The first-order chi connectivity index (χ1) is 9.76. The molecular weight excluding hydrogens is 270 g/mol. The molecule has 9 nitrogen and oxygen atoms in total. The molecule has 0 aromatic rings. The van der Waals surface area contributed by atoms with Gasteiger partial charge < -0.3 is 17.2 Å². The molecule has 0 aliphatic heterocycles. The first-order valence-corrected chi connectivity index (χ1v) is 6.68. The zero-order chi connectivity index (χ0) is 16.3. The molecule has 0 aliphatic carbocycles. The Labute approximate surface area is 125 Å². The van der Waals surface area contributed by atoms with Crippen LogP contribution in [-0.4, -0.2) is 30.0 Å². The molecule has 0 saturated carbocycles. The van der Waals surface area contributed by atoms with Crippen molar-refractivity contribution in [1.29, 1.82) is 10.7 Å². The predicted molar refractivity (Wildman–Crippen MR) is 84.5 cm³/mol. The number of hydrogen-bond acceptors (Lipinski definition) is 4. The predicted octanol–water partition coefficient (Wildman–Crippen LogP) is -0.491. The van der Waals surface area contributed by atoms with Gasteiger partial charge in [-0.2, -0.15) is 5.26 Å². The van der Waals surface area contributed by atoms with Crippen molar-refractivity contribution in [1.82, 2.24) is 10.6 Å². The number of nitriles is 1. The molecule has 0 atom stereocenters. The molecular formula is C12H25N9. The van der Waals surface area contributed by atoms with Gasteiger partial charge in [0.15, 0.2) is 18.1 Å². The van der Waals surface area contributed by atoms with Crippen LogP contribution < -0.4 is 27.8 Å². The Kier molecular flexibility index (Phi) is 8.29. The van der Waals surface area contributed by atoms with Crippen molar-refractivity contribution in [2.24, 2.45) is 27.2 Å². The van der Waals surface area contributed by atoms with Crippen molar-refractivity contribution >= 4 is 17.9 Å². The zero-order valence-electron chi connectivity index (χ0n) is 12.6. The molecule has 0 fully saturated rings. The Morgan fingerprint density at radius 1 is 1.19 bits per heavy atom. The highest BCUT2D eigenvalue weighted by Gasteiger charge is 2.16. The summed E-state index contributed by atoms with van der Waals surface area (Å²) in [5, 5.41) is 20.1. The molecule has 0 aliphatic rings. The second-order valence-electron chi connectivity index (χ2n) is 5.16. The van der Waals surface area contributed by atoms with Crippen molar-refractivity contribution in [2.45, 2.75) is 45.1 Å². The molecule has 0 amide bonds. The molecule has 21 heavy (non-hydrogen) atoms. The van der Waals surface area contributed by atoms with Crippen molar-refractivity contribution in [3.05, 3.63) is 0 Å². The number of nitrogens with zero attached hydrogens (tertiary/aromatic N) is 3. The summed E-state index contributed by atoms with van der Waals surface area (Å²) in [6, 6.07) is 0. The number of hydrogen-bond donors (Lipinski definition) is 6. The van der Waals surface area contributed by atoms with Crippen molar-refractivity contribution < 1.29 is 0 Å². The van der Waals surface area contributed by atoms with Crippen LogP contribution in [0.15, 0.2) is 9.98 Å². The Hall–Kier alpha value is -2.50. The normalized spacial score (nSPS) is 12.6. The number of guanidine groups is 3. The standard InChI is InChI=1S/C12H25N9/c1-12(2,21-11(17)19-8-13)6-4-3-5-7-18-10(16)20-9(14)15/h3-7H2,1-2H3,(H3,17,19,21)(H6,14,15,16,18,20). The summed E-state index contributed by atoms with van der Waals surface area (Å²) in [6.45, 7) is 4.51. The minimum atomic E-state index is -0.313. The highest BCUT2D eigenvalue weighted by molar-refractivity contribution is 5.95. The van der Waals surface area contributed by atoms with Crippen LogP contribution in [-0.2, 0) is 0 Å².